The molecule has 2 unspecified atom stereocenters. The monoisotopic (exact) mass is 220 g/mol. The topological polar surface area (TPSA) is 0 Å². The van der Waals surface area contributed by atoms with Gasteiger partial charge in [-0.1, -0.05) is 56.5 Å². The first kappa shape index (κ1) is 12.1. The number of halogens is 1. The lowest BCUT2D eigenvalue weighted by molar-refractivity contribution is 0.610. The summed E-state index contributed by atoms with van der Waals surface area (Å²) in [4.78, 5) is 0. The normalized spacial score (nSPS) is 13.9. The van der Waals surface area contributed by atoms with E-state index < -0.39 is 0 Å². The molecule has 0 radical (unpaired) electrons. The third-order valence-corrected chi connectivity index (χ3v) is 3.00. The second-order valence-corrected chi connectivity index (χ2v) is 4.18. The second kappa shape index (κ2) is 5.83. The van der Waals surface area contributed by atoms with Crippen LogP contribution in [0.4, 0.5) is 0 Å². The summed E-state index contributed by atoms with van der Waals surface area (Å²) in [7, 11) is 0. The Balaban J connectivity index is 2.85. The molecule has 0 aliphatic rings. The lowest BCUT2D eigenvalue weighted by Crippen LogP contribution is -2.04. The zero-order valence-corrected chi connectivity index (χ0v) is 10.3. The van der Waals surface area contributed by atoms with Crippen molar-refractivity contribution in [2.75, 3.05) is 0 Å². The van der Waals surface area contributed by atoms with Crippen LogP contribution in [0.5, 0.6) is 0 Å². The molecule has 1 heteroatoms. The molecule has 1 aromatic rings. The molecule has 0 aromatic heterocycles. The Kier molecular flexibility index (Phi) is 4.72. The van der Waals surface area contributed by atoms with Crippen molar-refractivity contribution in [3.63, 3.8) is 0 Å². The molecule has 0 saturated carbocycles. The van der Waals surface area contributed by atoms with Crippen LogP contribution in [-0.4, -0.2) is 0 Å². The zero-order chi connectivity index (χ0) is 11.3. The highest BCUT2D eigenvalue weighted by molar-refractivity contribution is 6.31. The lowest BCUT2D eigenvalue weighted by Gasteiger charge is -2.16. The van der Waals surface area contributed by atoms with Gasteiger partial charge in [0.1, 0.15) is 0 Å². The Bertz CT molecular complexity index is 370. The molecule has 0 N–H and O–H groups in total. The van der Waals surface area contributed by atoms with Gasteiger partial charge in [0.15, 0.2) is 0 Å². The van der Waals surface area contributed by atoms with Gasteiger partial charge in [-0.25, -0.2) is 0 Å². The fourth-order valence-electron chi connectivity index (χ4n) is 1.50. The SMILES string of the molecule is CCC#CC(C)C(C)c1ccccc1Cl. The average Bonchev–Trinajstić information content (AvgIpc) is 2.25. The maximum Gasteiger partial charge on any atom is 0.0441 e. The van der Waals surface area contributed by atoms with Crippen LogP contribution in [0, 0.1) is 17.8 Å². The summed E-state index contributed by atoms with van der Waals surface area (Å²) >= 11 is 6.15. The van der Waals surface area contributed by atoms with Crippen molar-refractivity contribution in [3.8, 4) is 11.8 Å². The number of hydrogen-bond acceptors (Lipinski definition) is 0. The van der Waals surface area contributed by atoms with E-state index in [0.717, 1.165) is 11.4 Å². The van der Waals surface area contributed by atoms with Crippen LogP contribution in [-0.2, 0) is 0 Å². The molecule has 0 spiro atoms. The van der Waals surface area contributed by atoms with Gasteiger partial charge in [-0.15, -0.1) is 5.92 Å². The molecule has 1 aromatic carbocycles. The summed E-state index contributed by atoms with van der Waals surface area (Å²) in [5.74, 6) is 7.11. The first-order chi connectivity index (χ1) is 7.16. The van der Waals surface area contributed by atoms with E-state index in [1.807, 2.05) is 18.2 Å². The van der Waals surface area contributed by atoms with Gasteiger partial charge in [-0.3, -0.25) is 0 Å². The van der Waals surface area contributed by atoms with Gasteiger partial charge in [-0.05, 0) is 17.5 Å². The molecule has 0 aliphatic heterocycles. The Morgan fingerprint density at radius 1 is 1.27 bits per heavy atom. The zero-order valence-electron chi connectivity index (χ0n) is 9.55. The van der Waals surface area contributed by atoms with E-state index >= 15 is 0 Å². The van der Waals surface area contributed by atoms with Gasteiger partial charge in [0.05, 0.1) is 0 Å². The highest BCUT2D eigenvalue weighted by atomic mass is 35.5. The standard InChI is InChI=1S/C14H17Cl/c1-4-5-8-11(2)12(3)13-9-6-7-10-14(13)15/h6-7,9-12H,4H2,1-3H3. The van der Waals surface area contributed by atoms with Crippen molar-refractivity contribution in [2.45, 2.75) is 33.1 Å². The molecular weight excluding hydrogens is 204 g/mol. The molecule has 1 rings (SSSR count). The molecule has 0 bridgehead atoms. The molecular formula is C14H17Cl. The molecule has 2 atom stereocenters. The number of hydrogen-bond donors (Lipinski definition) is 0. The van der Waals surface area contributed by atoms with Crippen LogP contribution in [0.1, 0.15) is 38.7 Å². The maximum absolute atomic E-state index is 6.15. The Morgan fingerprint density at radius 2 is 1.93 bits per heavy atom. The number of benzene rings is 1. The molecule has 0 aliphatic carbocycles. The van der Waals surface area contributed by atoms with Crippen molar-refractivity contribution in [3.05, 3.63) is 34.9 Å². The largest absolute Gasteiger partial charge is 0.103 e. The summed E-state index contributed by atoms with van der Waals surface area (Å²) in [6.07, 6.45) is 0.916. The Morgan fingerprint density at radius 3 is 2.53 bits per heavy atom. The molecule has 0 saturated heterocycles. The van der Waals surface area contributed by atoms with Crippen LogP contribution in [0.25, 0.3) is 0 Å². The van der Waals surface area contributed by atoms with Crippen LogP contribution in [0.15, 0.2) is 24.3 Å². The smallest absolute Gasteiger partial charge is 0.0441 e. The fourth-order valence-corrected chi connectivity index (χ4v) is 1.81. The summed E-state index contributed by atoms with van der Waals surface area (Å²) in [5.41, 5.74) is 1.19. The highest BCUT2D eigenvalue weighted by Crippen LogP contribution is 2.29. The van der Waals surface area contributed by atoms with E-state index in [9.17, 15) is 0 Å². The lowest BCUT2D eigenvalue weighted by atomic mass is 9.89. The third-order valence-electron chi connectivity index (χ3n) is 2.65. The van der Waals surface area contributed by atoms with Crippen molar-refractivity contribution in [2.24, 2.45) is 5.92 Å². The molecule has 0 nitrogen and oxygen atoms in total. The van der Waals surface area contributed by atoms with Crippen molar-refractivity contribution in [1.82, 2.24) is 0 Å². The maximum atomic E-state index is 6.15. The predicted molar refractivity (Wildman–Crippen MR) is 67.1 cm³/mol. The molecule has 0 heterocycles. The molecule has 0 amide bonds. The first-order valence-corrected chi connectivity index (χ1v) is 5.77. The van der Waals surface area contributed by atoms with Crippen LogP contribution >= 0.6 is 11.6 Å². The number of rotatable bonds is 2. The molecule has 0 fully saturated rings. The molecule has 15 heavy (non-hydrogen) atoms. The van der Waals surface area contributed by atoms with E-state index in [2.05, 4.69) is 38.7 Å². The van der Waals surface area contributed by atoms with E-state index in [1.165, 1.54) is 5.56 Å². The minimum Gasteiger partial charge on any atom is -0.103 e. The van der Waals surface area contributed by atoms with Gasteiger partial charge < -0.3 is 0 Å². The van der Waals surface area contributed by atoms with E-state index in [4.69, 9.17) is 11.6 Å². The first-order valence-electron chi connectivity index (χ1n) is 5.39. The highest BCUT2D eigenvalue weighted by Gasteiger charge is 2.14. The van der Waals surface area contributed by atoms with Crippen molar-refractivity contribution < 1.29 is 0 Å². The van der Waals surface area contributed by atoms with Crippen LogP contribution in [0.3, 0.4) is 0 Å². The Labute approximate surface area is 97.7 Å². The van der Waals surface area contributed by atoms with Gasteiger partial charge in [0, 0.05) is 17.4 Å². The van der Waals surface area contributed by atoms with E-state index in [0.29, 0.717) is 11.8 Å². The van der Waals surface area contributed by atoms with Gasteiger partial charge in [0.2, 0.25) is 0 Å². The van der Waals surface area contributed by atoms with Gasteiger partial charge in [-0.2, -0.15) is 0 Å². The molecule has 80 valence electrons. The van der Waals surface area contributed by atoms with Crippen molar-refractivity contribution in [1.29, 1.82) is 0 Å². The fraction of sp³-hybridized carbons (Fsp3) is 0.429. The second-order valence-electron chi connectivity index (χ2n) is 3.77. The Hall–Kier alpha value is -0.930. The quantitative estimate of drug-likeness (QED) is 0.645. The van der Waals surface area contributed by atoms with E-state index in [-0.39, 0.29) is 0 Å². The minimum atomic E-state index is 0.352. The van der Waals surface area contributed by atoms with Gasteiger partial charge in [0.25, 0.3) is 0 Å². The van der Waals surface area contributed by atoms with Gasteiger partial charge >= 0.3 is 0 Å². The summed E-state index contributed by atoms with van der Waals surface area (Å²) < 4.78 is 0. The van der Waals surface area contributed by atoms with Crippen LogP contribution < -0.4 is 0 Å². The van der Waals surface area contributed by atoms with E-state index in [1.54, 1.807) is 0 Å². The summed E-state index contributed by atoms with van der Waals surface area (Å²) in [5, 5.41) is 0.843. The summed E-state index contributed by atoms with van der Waals surface area (Å²) in [6, 6.07) is 8.00. The van der Waals surface area contributed by atoms with Crippen molar-refractivity contribution >= 4 is 11.6 Å². The van der Waals surface area contributed by atoms with Crippen LogP contribution in [0.2, 0.25) is 5.02 Å². The minimum absolute atomic E-state index is 0.352. The summed E-state index contributed by atoms with van der Waals surface area (Å²) in [6.45, 7) is 6.40. The average molecular weight is 221 g/mol. The third kappa shape index (κ3) is 3.29. The predicted octanol–water partition coefficient (Wildman–Crippen LogP) is 4.49.